The van der Waals surface area contributed by atoms with Crippen LogP contribution in [0.3, 0.4) is 0 Å². The molecule has 33 heavy (non-hydrogen) atoms. The Kier molecular flexibility index (Phi) is 7.50. The van der Waals surface area contributed by atoms with Crippen molar-refractivity contribution in [2.45, 2.75) is 19.1 Å². The van der Waals surface area contributed by atoms with Crippen LogP contribution < -0.4 is 11.1 Å². The zero-order valence-electron chi connectivity index (χ0n) is 18.7. The van der Waals surface area contributed by atoms with E-state index in [9.17, 15) is 9.59 Å². The van der Waals surface area contributed by atoms with E-state index in [0.717, 1.165) is 11.1 Å². The summed E-state index contributed by atoms with van der Waals surface area (Å²) in [6.45, 7) is 3.19. The Morgan fingerprint density at radius 1 is 0.788 bits per heavy atom. The van der Waals surface area contributed by atoms with Crippen molar-refractivity contribution in [3.8, 4) is 0 Å². The molecule has 6 nitrogen and oxygen atoms in total. The molecule has 0 atom stereocenters. The van der Waals surface area contributed by atoms with Gasteiger partial charge in [-0.2, -0.15) is 0 Å². The van der Waals surface area contributed by atoms with E-state index in [1.165, 1.54) is 11.1 Å². The van der Waals surface area contributed by atoms with Gasteiger partial charge in [0.2, 0.25) is 0 Å². The van der Waals surface area contributed by atoms with Crippen molar-refractivity contribution in [1.29, 1.82) is 0 Å². The summed E-state index contributed by atoms with van der Waals surface area (Å²) in [7, 11) is 0. The molecular formula is C27H30N4O2. The average Bonchev–Trinajstić information content (AvgIpc) is 2.89. The van der Waals surface area contributed by atoms with Crippen LogP contribution in [0, 0.1) is 0 Å². The molecule has 3 aromatic carbocycles. The number of amides is 2. The molecule has 0 bridgehead atoms. The van der Waals surface area contributed by atoms with E-state index in [1.54, 1.807) is 4.90 Å². The van der Waals surface area contributed by atoms with Crippen LogP contribution in [-0.4, -0.2) is 47.8 Å². The highest BCUT2D eigenvalue weighted by atomic mass is 16.2. The molecule has 2 amide bonds. The highest BCUT2D eigenvalue weighted by molar-refractivity contribution is 6.35. The van der Waals surface area contributed by atoms with Crippen LogP contribution in [0.2, 0.25) is 0 Å². The van der Waals surface area contributed by atoms with Crippen LogP contribution in [0.15, 0.2) is 84.9 Å². The van der Waals surface area contributed by atoms with Crippen LogP contribution >= 0.6 is 0 Å². The number of carbonyl (C=O) groups is 2. The molecule has 0 aromatic heterocycles. The minimum Gasteiger partial charge on any atom is -0.344 e. The molecule has 0 aliphatic carbocycles. The van der Waals surface area contributed by atoms with Gasteiger partial charge in [-0.05, 0) is 22.3 Å². The van der Waals surface area contributed by atoms with E-state index in [4.69, 9.17) is 5.73 Å². The highest BCUT2D eigenvalue weighted by Gasteiger charge is 2.30. The predicted molar refractivity (Wildman–Crippen MR) is 129 cm³/mol. The third-order valence-corrected chi connectivity index (χ3v) is 6.07. The Labute approximate surface area is 195 Å². The van der Waals surface area contributed by atoms with Crippen LogP contribution in [0.5, 0.6) is 0 Å². The van der Waals surface area contributed by atoms with E-state index in [-0.39, 0.29) is 6.04 Å². The maximum absolute atomic E-state index is 12.7. The lowest BCUT2D eigenvalue weighted by Gasteiger charge is -2.39. The number of nitrogens with one attached hydrogen (secondary N) is 1. The quantitative estimate of drug-likeness (QED) is 0.576. The second-order valence-electron chi connectivity index (χ2n) is 8.26. The van der Waals surface area contributed by atoms with E-state index >= 15 is 0 Å². The van der Waals surface area contributed by atoms with Gasteiger partial charge in [0, 0.05) is 39.3 Å². The van der Waals surface area contributed by atoms with E-state index in [1.807, 2.05) is 36.4 Å². The summed E-state index contributed by atoms with van der Waals surface area (Å²) in [5, 5.41) is 2.75. The molecule has 4 rings (SSSR count). The van der Waals surface area contributed by atoms with E-state index in [2.05, 4.69) is 58.7 Å². The van der Waals surface area contributed by atoms with Gasteiger partial charge in [0.05, 0.1) is 6.04 Å². The third kappa shape index (κ3) is 5.66. The smallest absolute Gasteiger partial charge is 0.311 e. The Bertz CT molecular complexity index is 1020. The first-order valence-corrected chi connectivity index (χ1v) is 11.3. The minimum atomic E-state index is -0.565. The summed E-state index contributed by atoms with van der Waals surface area (Å²) in [4.78, 5) is 29.2. The molecule has 1 saturated heterocycles. The maximum atomic E-state index is 12.7. The maximum Gasteiger partial charge on any atom is 0.311 e. The molecule has 1 aliphatic heterocycles. The first kappa shape index (κ1) is 22.7. The van der Waals surface area contributed by atoms with Crippen LogP contribution in [-0.2, 0) is 22.7 Å². The number of nitrogens with zero attached hydrogens (tertiary/aromatic N) is 2. The fraction of sp³-hybridized carbons (Fsp3) is 0.259. The summed E-state index contributed by atoms with van der Waals surface area (Å²) in [6, 6.07) is 28.6. The first-order valence-electron chi connectivity index (χ1n) is 11.3. The molecule has 1 aliphatic rings. The summed E-state index contributed by atoms with van der Waals surface area (Å²) in [6.07, 6.45) is 0. The van der Waals surface area contributed by atoms with Crippen LogP contribution in [0.1, 0.15) is 28.3 Å². The number of piperazine rings is 1. The first-order chi connectivity index (χ1) is 16.2. The lowest BCUT2D eigenvalue weighted by atomic mass is 9.96. The molecular weight excluding hydrogens is 412 g/mol. The topological polar surface area (TPSA) is 78.7 Å². The van der Waals surface area contributed by atoms with Crippen molar-refractivity contribution in [3.05, 3.63) is 107 Å². The van der Waals surface area contributed by atoms with Gasteiger partial charge in [-0.3, -0.25) is 14.5 Å². The van der Waals surface area contributed by atoms with Gasteiger partial charge in [0.25, 0.3) is 0 Å². The zero-order chi connectivity index (χ0) is 23.0. The van der Waals surface area contributed by atoms with Gasteiger partial charge in [-0.15, -0.1) is 0 Å². The molecule has 6 heteroatoms. The second-order valence-corrected chi connectivity index (χ2v) is 8.26. The molecule has 1 heterocycles. The monoisotopic (exact) mass is 442 g/mol. The SMILES string of the molecule is NCc1cccc(CNC(=O)C(=O)N2CCN(C(c3ccccc3)c3ccccc3)CC2)c1. The molecule has 0 saturated carbocycles. The Morgan fingerprint density at radius 2 is 1.36 bits per heavy atom. The Hall–Kier alpha value is -3.48. The highest BCUT2D eigenvalue weighted by Crippen LogP contribution is 2.29. The normalized spacial score (nSPS) is 14.3. The Balaban J connectivity index is 1.36. The van der Waals surface area contributed by atoms with Crippen LogP contribution in [0.25, 0.3) is 0 Å². The molecule has 3 N–H and O–H groups in total. The molecule has 170 valence electrons. The average molecular weight is 443 g/mol. The minimum absolute atomic E-state index is 0.119. The number of hydrogen-bond donors (Lipinski definition) is 2. The van der Waals surface area contributed by atoms with Gasteiger partial charge >= 0.3 is 11.8 Å². The fourth-order valence-electron chi connectivity index (χ4n) is 4.34. The number of carbonyl (C=O) groups excluding carboxylic acids is 2. The fourth-order valence-corrected chi connectivity index (χ4v) is 4.34. The van der Waals surface area contributed by atoms with Crippen molar-refractivity contribution in [3.63, 3.8) is 0 Å². The number of nitrogens with two attached hydrogens (primary N) is 1. The summed E-state index contributed by atoms with van der Waals surface area (Å²) in [5.74, 6) is -1.04. The summed E-state index contributed by atoms with van der Waals surface area (Å²) in [5.41, 5.74) is 10.0. The van der Waals surface area contributed by atoms with Crippen molar-refractivity contribution in [2.75, 3.05) is 26.2 Å². The largest absolute Gasteiger partial charge is 0.344 e. The molecule has 0 unspecified atom stereocenters. The van der Waals surface area contributed by atoms with Crippen LogP contribution in [0.4, 0.5) is 0 Å². The van der Waals surface area contributed by atoms with Crippen molar-refractivity contribution in [1.82, 2.24) is 15.1 Å². The molecule has 1 fully saturated rings. The van der Waals surface area contributed by atoms with Gasteiger partial charge in [-0.25, -0.2) is 0 Å². The zero-order valence-corrected chi connectivity index (χ0v) is 18.7. The predicted octanol–water partition coefficient (Wildman–Crippen LogP) is 2.70. The number of rotatable bonds is 6. The standard InChI is InChI=1S/C27H30N4O2/c28-19-21-8-7-9-22(18-21)20-29-26(32)27(33)31-16-14-30(15-17-31)25(23-10-3-1-4-11-23)24-12-5-2-6-13-24/h1-13,18,25H,14-17,19-20,28H2,(H,29,32). The lowest BCUT2D eigenvalue weighted by molar-refractivity contribution is -0.147. The lowest BCUT2D eigenvalue weighted by Crippen LogP contribution is -2.53. The molecule has 0 radical (unpaired) electrons. The second kappa shape index (κ2) is 10.9. The van der Waals surface area contributed by atoms with Crippen molar-refractivity contribution >= 4 is 11.8 Å². The van der Waals surface area contributed by atoms with E-state index < -0.39 is 11.8 Å². The Morgan fingerprint density at radius 3 is 1.94 bits per heavy atom. The van der Waals surface area contributed by atoms with Crippen molar-refractivity contribution < 1.29 is 9.59 Å². The van der Waals surface area contributed by atoms with Gasteiger partial charge in [0.1, 0.15) is 0 Å². The van der Waals surface area contributed by atoms with Gasteiger partial charge < -0.3 is 16.0 Å². The van der Waals surface area contributed by atoms with Gasteiger partial charge in [-0.1, -0.05) is 84.9 Å². The molecule has 0 spiro atoms. The van der Waals surface area contributed by atoms with E-state index in [0.29, 0.717) is 39.3 Å². The number of benzene rings is 3. The van der Waals surface area contributed by atoms with Gasteiger partial charge in [0.15, 0.2) is 0 Å². The number of hydrogen-bond acceptors (Lipinski definition) is 4. The molecule has 3 aromatic rings. The van der Waals surface area contributed by atoms with Crippen molar-refractivity contribution in [2.24, 2.45) is 5.73 Å². The summed E-state index contributed by atoms with van der Waals surface area (Å²) >= 11 is 0. The third-order valence-electron chi connectivity index (χ3n) is 6.07. The summed E-state index contributed by atoms with van der Waals surface area (Å²) < 4.78 is 0.